The van der Waals surface area contributed by atoms with Gasteiger partial charge in [-0.1, -0.05) is 40.6 Å². The molecule has 1 amide bonds. The minimum atomic E-state index is -0.355. The molecule has 3 rings (SSSR count). The summed E-state index contributed by atoms with van der Waals surface area (Å²) in [5, 5.41) is 21.5. The Kier molecular flexibility index (Phi) is 6.33. The summed E-state index contributed by atoms with van der Waals surface area (Å²) < 4.78 is 5.59. The summed E-state index contributed by atoms with van der Waals surface area (Å²) in [5.74, 6) is -0.0478. The highest BCUT2D eigenvalue weighted by atomic mass is 79.9. The van der Waals surface area contributed by atoms with Crippen molar-refractivity contribution in [3.05, 3.63) is 62.0 Å². The van der Waals surface area contributed by atoms with E-state index in [2.05, 4.69) is 31.4 Å². The zero-order valence-electron chi connectivity index (χ0n) is 14.9. The van der Waals surface area contributed by atoms with E-state index in [4.69, 9.17) is 16.3 Å². The molecule has 0 bridgehead atoms. The van der Waals surface area contributed by atoms with Crippen LogP contribution in [0, 0.1) is 6.92 Å². The van der Waals surface area contributed by atoms with E-state index < -0.39 is 0 Å². The quantitative estimate of drug-likeness (QED) is 0.517. The molecule has 144 valence electrons. The number of anilines is 1. The van der Waals surface area contributed by atoms with Crippen LogP contribution in [0.15, 0.2) is 40.9 Å². The van der Waals surface area contributed by atoms with Crippen LogP contribution in [0.1, 0.15) is 25.9 Å². The highest BCUT2D eigenvalue weighted by Gasteiger charge is 2.15. The lowest BCUT2D eigenvalue weighted by atomic mass is 10.2. The largest absolute Gasteiger partial charge is 0.503 e. The van der Waals surface area contributed by atoms with Crippen molar-refractivity contribution >= 4 is 61.6 Å². The summed E-state index contributed by atoms with van der Waals surface area (Å²) in [4.78, 5) is 12.3. The number of rotatable bonds is 5. The molecule has 2 aromatic carbocycles. The first kappa shape index (κ1) is 20.3. The highest BCUT2D eigenvalue weighted by molar-refractivity contribution is 9.10. The number of aromatic nitrogens is 2. The number of phenolic OH excluding ortho intramolecular Hbond substituents is 1. The van der Waals surface area contributed by atoms with E-state index in [0.29, 0.717) is 31.5 Å². The Bertz CT molecular complexity index is 1050. The number of carbonyl (C=O) groups is 1. The fourth-order valence-corrected chi connectivity index (χ4v) is 3.66. The number of aromatic hydroxyl groups is 1. The number of methoxy groups -OCH3 is 1. The molecule has 28 heavy (non-hydrogen) atoms. The summed E-state index contributed by atoms with van der Waals surface area (Å²) in [5.41, 5.74) is 2.47. The van der Waals surface area contributed by atoms with E-state index in [9.17, 15) is 9.90 Å². The number of amides is 1. The van der Waals surface area contributed by atoms with Crippen LogP contribution in [0.3, 0.4) is 0 Å². The number of halogens is 2. The summed E-state index contributed by atoms with van der Waals surface area (Å²) in [7, 11) is 1.46. The topological polar surface area (TPSA) is 84.3 Å². The van der Waals surface area contributed by atoms with Crippen LogP contribution in [-0.4, -0.2) is 28.3 Å². The SMILES string of the molecule is COc1cc(/C=C(\Cl)c2nnc(C(=O)Nc3ccc(C)cc3)s2)cc(Br)c1O. The van der Waals surface area contributed by atoms with Gasteiger partial charge in [0.05, 0.1) is 16.6 Å². The van der Waals surface area contributed by atoms with Gasteiger partial charge in [-0.3, -0.25) is 4.79 Å². The molecule has 0 aliphatic heterocycles. The van der Waals surface area contributed by atoms with E-state index in [1.165, 1.54) is 7.11 Å². The zero-order chi connectivity index (χ0) is 20.3. The molecule has 2 N–H and O–H groups in total. The Labute approximate surface area is 179 Å². The Morgan fingerprint density at radius 1 is 1.25 bits per heavy atom. The van der Waals surface area contributed by atoms with Gasteiger partial charge in [-0.05, 0) is 58.8 Å². The molecule has 0 saturated heterocycles. The second kappa shape index (κ2) is 8.72. The lowest BCUT2D eigenvalue weighted by Gasteiger charge is -2.06. The van der Waals surface area contributed by atoms with Gasteiger partial charge in [0.2, 0.25) is 5.01 Å². The first-order valence-electron chi connectivity index (χ1n) is 8.03. The first-order valence-corrected chi connectivity index (χ1v) is 10.0. The maximum Gasteiger partial charge on any atom is 0.286 e. The average molecular weight is 481 g/mol. The first-order chi connectivity index (χ1) is 13.4. The minimum absolute atomic E-state index is 0.00162. The minimum Gasteiger partial charge on any atom is -0.503 e. The summed E-state index contributed by atoms with van der Waals surface area (Å²) in [6, 6.07) is 10.8. The Morgan fingerprint density at radius 2 is 1.93 bits per heavy atom. The van der Waals surface area contributed by atoms with Crippen molar-refractivity contribution in [2.75, 3.05) is 12.4 Å². The van der Waals surface area contributed by atoms with Crippen molar-refractivity contribution in [3.8, 4) is 11.5 Å². The van der Waals surface area contributed by atoms with Gasteiger partial charge in [0, 0.05) is 5.69 Å². The van der Waals surface area contributed by atoms with Gasteiger partial charge in [-0.25, -0.2) is 0 Å². The van der Waals surface area contributed by atoms with Gasteiger partial charge < -0.3 is 15.2 Å². The highest BCUT2D eigenvalue weighted by Crippen LogP contribution is 2.36. The maximum atomic E-state index is 12.3. The van der Waals surface area contributed by atoms with Crippen LogP contribution < -0.4 is 10.1 Å². The van der Waals surface area contributed by atoms with Crippen LogP contribution in [0.2, 0.25) is 0 Å². The predicted molar refractivity (Wildman–Crippen MR) is 115 cm³/mol. The molecule has 0 atom stereocenters. The van der Waals surface area contributed by atoms with Crippen molar-refractivity contribution in [2.45, 2.75) is 6.92 Å². The summed E-state index contributed by atoms with van der Waals surface area (Å²) in [6.07, 6.45) is 1.65. The molecule has 0 aliphatic rings. The van der Waals surface area contributed by atoms with Crippen LogP contribution in [0.4, 0.5) is 5.69 Å². The predicted octanol–water partition coefficient (Wildman–Crippen LogP) is 5.31. The van der Waals surface area contributed by atoms with Crippen LogP contribution in [-0.2, 0) is 0 Å². The van der Waals surface area contributed by atoms with E-state index in [1.807, 2.05) is 31.2 Å². The molecule has 0 unspecified atom stereocenters. The molecule has 0 spiro atoms. The van der Waals surface area contributed by atoms with Gasteiger partial charge >= 0.3 is 0 Å². The van der Waals surface area contributed by atoms with Gasteiger partial charge in [0.25, 0.3) is 5.91 Å². The van der Waals surface area contributed by atoms with Crippen LogP contribution in [0.5, 0.6) is 11.5 Å². The number of benzene rings is 2. The number of nitrogens with zero attached hydrogens (tertiary/aromatic N) is 2. The van der Waals surface area contributed by atoms with E-state index in [-0.39, 0.29) is 16.7 Å². The number of hydrogen-bond donors (Lipinski definition) is 2. The third-order valence-electron chi connectivity index (χ3n) is 3.70. The number of nitrogens with one attached hydrogen (secondary N) is 1. The van der Waals surface area contributed by atoms with Crippen LogP contribution >= 0.6 is 38.9 Å². The third kappa shape index (κ3) is 4.70. The smallest absolute Gasteiger partial charge is 0.286 e. The number of aryl methyl sites for hydroxylation is 1. The van der Waals surface area contributed by atoms with Gasteiger partial charge in [-0.2, -0.15) is 0 Å². The Hall–Kier alpha value is -2.42. The van der Waals surface area contributed by atoms with E-state index in [0.717, 1.165) is 16.9 Å². The van der Waals surface area contributed by atoms with E-state index >= 15 is 0 Å². The Balaban J connectivity index is 1.79. The lowest BCUT2D eigenvalue weighted by molar-refractivity contribution is 0.102. The molecule has 0 aliphatic carbocycles. The second-order valence-electron chi connectivity index (χ2n) is 5.78. The van der Waals surface area contributed by atoms with Gasteiger partial charge in [-0.15, -0.1) is 10.2 Å². The van der Waals surface area contributed by atoms with Gasteiger partial charge in [0.1, 0.15) is 0 Å². The molecule has 0 saturated carbocycles. The molecular weight excluding hydrogens is 466 g/mol. The monoisotopic (exact) mass is 479 g/mol. The summed E-state index contributed by atoms with van der Waals surface area (Å²) in [6.45, 7) is 1.97. The molecule has 9 heteroatoms. The molecule has 0 fully saturated rings. The fourth-order valence-electron chi connectivity index (χ4n) is 2.27. The number of carbonyl (C=O) groups excluding carboxylic acids is 1. The lowest BCUT2D eigenvalue weighted by Crippen LogP contribution is -2.11. The normalized spacial score (nSPS) is 11.4. The van der Waals surface area contributed by atoms with Crippen molar-refractivity contribution < 1.29 is 14.6 Å². The van der Waals surface area contributed by atoms with Crippen molar-refractivity contribution in [1.29, 1.82) is 0 Å². The average Bonchev–Trinajstić information content (AvgIpc) is 3.17. The van der Waals surface area contributed by atoms with Crippen molar-refractivity contribution in [3.63, 3.8) is 0 Å². The third-order valence-corrected chi connectivity index (χ3v) is 5.66. The van der Waals surface area contributed by atoms with Crippen molar-refractivity contribution in [1.82, 2.24) is 10.2 Å². The standard InChI is InChI=1S/C19H15BrClN3O3S/c1-10-3-5-12(6-4-10)22-17(26)19-24-23-18(28-19)14(21)8-11-7-13(20)16(25)15(9-11)27-2/h3-9,25H,1-2H3,(H,22,26)/b14-8-. The molecule has 0 radical (unpaired) electrons. The molecular formula is C19H15BrClN3O3S. The number of ether oxygens (including phenoxy) is 1. The van der Waals surface area contributed by atoms with E-state index in [1.54, 1.807) is 18.2 Å². The molecule has 1 heterocycles. The van der Waals surface area contributed by atoms with Crippen molar-refractivity contribution in [2.24, 2.45) is 0 Å². The Morgan fingerprint density at radius 3 is 2.61 bits per heavy atom. The number of hydrogen-bond acceptors (Lipinski definition) is 6. The molecule has 6 nitrogen and oxygen atoms in total. The molecule has 1 aromatic heterocycles. The van der Waals surface area contributed by atoms with Gasteiger partial charge in [0.15, 0.2) is 16.5 Å². The maximum absolute atomic E-state index is 12.3. The van der Waals surface area contributed by atoms with Crippen LogP contribution in [0.25, 0.3) is 11.1 Å². The number of phenols is 1. The second-order valence-corrected chi connectivity index (χ2v) is 8.02. The fraction of sp³-hybridized carbons (Fsp3) is 0.105. The zero-order valence-corrected chi connectivity index (χ0v) is 18.0. The molecule has 3 aromatic rings. The summed E-state index contributed by atoms with van der Waals surface area (Å²) >= 11 is 10.7.